The maximum atomic E-state index is 14.0. The fourth-order valence-corrected chi connectivity index (χ4v) is 5.70. The van der Waals surface area contributed by atoms with E-state index < -0.39 is 0 Å². The molecule has 0 saturated heterocycles. The second-order valence-corrected chi connectivity index (χ2v) is 10.2. The largest absolute Gasteiger partial charge is 0.293 e. The summed E-state index contributed by atoms with van der Waals surface area (Å²) in [6.45, 7) is 8.82. The smallest absolute Gasteiger partial charge is 0.289 e. The Morgan fingerprint density at radius 2 is 1.68 bits per heavy atom. The Morgan fingerprint density at radius 1 is 1.03 bits per heavy atom. The van der Waals surface area contributed by atoms with Crippen molar-refractivity contribution in [3.8, 4) is 11.4 Å². The van der Waals surface area contributed by atoms with Gasteiger partial charge in [-0.25, -0.2) is 9.13 Å². The van der Waals surface area contributed by atoms with Gasteiger partial charge in [0, 0.05) is 11.0 Å². The summed E-state index contributed by atoms with van der Waals surface area (Å²) in [6, 6.07) is 14.8. The third kappa shape index (κ3) is 3.62. The first-order chi connectivity index (χ1) is 14.7. The molecule has 1 aromatic heterocycles. The van der Waals surface area contributed by atoms with Gasteiger partial charge in [-0.3, -0.25) is 4.79 Å². The predicted molar refractivity (Wildman–Crippen MR) is 128 cm³/mol. The molecule has 0 spiro atoms. The maximum absolute atomic E-state index is 14.0. The van der Waals surface area contributed by atoms with Crippen molar-refractivity contribution in [3.05, 3.63) is 53.6 Å². The van der Waals surface area contributed by atoms with Crippen LogP contribution in [0.5, 0.6) is 0 Å². The predicted octanol–water partition coefficient (Wildman–Crippen LogP) is 6.58. The molecule has 3 nitrogen and oxygen atoms in total. The van der Waals surface area contributed by atoms with E-state index in [4.69, 9.17) is 0 Å². The summed E-state index contributed by atoms with van der Waals surface area (Å²) in [5.74, 6) is 2.28. The number of benzene rings is 2. The molecule has 2 aromatic carbocycles. The fraction of sp³-hybridized carbons (Fsp3) is 0.500. The summed E-state index contributed by atoms with van der Waals surface area (Å²) in [6.07, 6.45) is 6.15. The van der Waals surface area contributed by atoms with Crippen molar-refractivity contribution in [3.63, 3.8) is 0 Å². The van der Waals surface area contributed by atoms with Gasteiger partial charge in [-0.1, -0.05) is 71.2 Å². The Balaban J connectivity index is 1.95. The van der Waals surface area contributed by atoms with E-state index in [0.29, 0.717) is 17.6 Å². The molecular formula is C28H37N2O+. The van der Waals surface area contributed by atoms with Crippen LogP contribution in [0.2, 0.25) is 0 Å². The van der Waals surface area contributed by atoms with Crippen molar-refractivity contribution in [1.29, 1.82) is 0 Å². The minimum absolute atomic E-state index is 0.292. The number of nitrogens with zero attached hydrogens (tertiary/aromatic N) is 2. The van der Waals surface area contributed by atoms with Crippen molar-refractivity contribution in [1.82, 2.24) is 4.57 Å². The second kappa shape index (κ2) is 8.26. The van der Waals surface area contributed by atoms with E-state index in [-0.39, 0.29) is 5.41 Å². The van der Waals surface area contributed by atoms with Gasteiger partial charge in [0.2, 0.25) is 0 Å². The molecule has 1 fully saturated rings. The number of Topliss-reactive ketones (excluding diaryl/α,β-unsaturated/α-hetero) is 1. The van der Waals surface area contributed by atoms with Crippen molar-refractivity contribution in [2.24, 2.45) is 25.4 Å². The molecule has 0 amide bonds. The van der Waals surface area contributed by atoms with Gasteiger partial charge in [-0.15, -0.1) is 0 Å². The summed E-state index contributed by atoms with van der Waals surface area (Å²) in [5, 5.41) is 0. The molecule has 0 bridgehead atoms. The van der Waals surface area contributed by atoms with Crippen LogP contribution >= 0.6 is 0 Å². The highest BCUT2D eigenvalue weighted by Crippen LogP contribution is 2.42. The van der Waals surface area contributed by atoms with Crippen LogP contribution in [0.4, 0.5) is 0 Å². The average Bonchev–Trinajstić information content (AvgIpc) is 3.04. The molecule has 3 heteroatoms. The lowest BCUT2D eigenvalue weighted by atomic mass is 9.67. The zero-order valence-corrected chi connectivity index (χ0v) is 20.0. The molecule has 1 aliphatic carbocycles. The first kappa shape index (κ1) is 21.8. The average molecular weight is 418 g/mol. The van der Waals surface area contributed by atoms with Gasteiger partial charge in [0.15, 0.2) is 16.8 Å². The summed E-state index contributed by atoms with van der Waals surface area (Å²) < 4.78 is 4.52. The number of fused-ring (bicyclic) bond motifs is 1. The van der Waals surface area contributed by atoms with Gasteiger partial charge < -0.3 is 0 Å². The number of carbonyl (C=O) groups excluding carboxylic acids is 1. The molecule has 0 radical (unpaired) electrons. The van der Waals surface area contributed by atoms with Crippen molar-refractivity contribution in [2.75, 3.05) is 0 Å². The SMILES string of the molecule is CC(C)c1ccc(C(=O)C(C)(C)C2CCCCC2)c2c1[n+](C)c(-c1ccccc1)n2C. The van der Waals surface area contributed by atoms with Crippen LogP contribution < -0.4 is 4.57 Å². The molecule has 31 heavy (non-hydrogen) atoms. The third-order valence-electron chi connectivity index (χ3n) is 7.60. The lowest BCUT2D eigenvalue weighted by Crippen LogP contribution is -2.35. The van der Waals surface area contributed by atoms with Gasteiger partial charge in [0.25, 0.3) is 5.82 Å². The van der Waals surface area contributed by atoms with E-state index in [0.717, 1.165) is 16.9 Å². The molecule has 164 valence electrons. The standard InChI is InChI=1S/C28H37N2O/c1-19(2)22-17-18-23(26(31)28(3,4)21-15-11-8-12-16-21)25-24(22)29(5)27(30(25)6)20-13-9-7-10-14-20/h7,9-10,13-14,17-19,21H,8,11-12,15-16H2,1-6H3/q+1. The third-order valence-corrected chi connectivity index (χ3v) is 7.60. The van der Waals surface area contributed by atoms with Gasteiger partial charge in [0.05, 0.1) is 25.2 Å². The molecule has 0 unspecified atom stereocenters. The number of carbonyl (C=O) groups is 1. The Kier molecular flexibility index (Phi) is 5.81. The number of rotatable bonds is 5. The number of imidazole rings is 1. The zero-order valence-electron chi connectivity index (χ0n) is 20.0. The first-order valence-corrected chi connectivity index (χ1v) is 11.9. The van der Waals surface area contributed by atoms with Gasteiger partial charge in [0.1, 0.15) is 0 Å². The summed E-state index contributed by atoms with van der Waals surface area (Å²) in [5.41, 5.74) is 5.24. The Bertz CT molecular complexity index is 1100. The second-order valence-electron chi connectivity index (χ2n) is 10.2. The van der Waals surface area contributed by atoms with Gasteiger partial charge in [-0.2, -0.15) is 0 Å². The van der Waals surface area contributed by atoms with Crippen molar-refractivity contribution >= 4 is 16.8 Å². The molecule has 0 aliphatic heterocycles. The highest BCUT2D eigenvalue weighted by molar-refractivity contribution is 6.09. The maximum Gasteiger partial charge on any atom is 0.289 e. The highest BCUT2D eigenvalue weighted by Gasteiger charge is 2.40. The number of hydrogen-bond donors (Lipinski definition) is 0. The molecular weight excluding hydrogens is 380 g/mol. The van der Waals surface area contributed by atoms with Crippen LogP contribution in [0, 0.1) is 11.3 Å². The lowest BCUT2D eigenvalue weighted by molar-refractivity contribution is -0.634. The van der Waals surface area contributed by atoms with E-state index in [1.165, 1.54) is 48.7 Å². The van der Waals surface area contributed by atoms with Crippen molar-refractivity contribution in [2.45, 2.75) is 65.7 Å². The number of hydrogen-bond acceptors (Lipinski definition) is 1. The Labute approximate surface area is 187 Å². The van der Waals surface area contributed by atoms with E-state index in [9.17, 15) is 4.79 Å². The highest BCUT2D eigenvalue weighted by atomic mass is 16.1. The lowest BCUT2D eigenvalue weighted by Gasteiger charge is -2.35. The molecule has 3 aromatic rings. The molecule has 0 atom stereocenters. The fourth-order valence-electron chi connectivity index (χ4n) is 5.70. The summed E-state index contributed by atoms with van der Waals surface area (Å²) >= 11 is 0. The van der Waals surface area contributed by atoms with Crippen LogP contribution in [-0.2, 0) is 14.1 Å². The topological polar surface area (TPSA) is 25.9 Å². The minimum Gasteiger partial charge on any atom is -0.293 e. The summed E-state index contributed by atoms with van der Waals surface area (Å²) in [7, 11) is 4.25. The zero-order chi connectivity index (χ0) is 22.3. The van der Waals surface area contributed by atoms with Crippen LogP contribution in [0.25, 0.3) is 22.4 Å². The van der Waals surface area contributed by atoms with Gasteiger partial charge >= 0.3 is 0 Å². The molecule has 1 saturated carbocycles. The number of ketones is 1. The summed E-state index contributed by atoms with van der Waals surface area (Å²) in [4.78, 5) is 14.0. The van der Waals surface area contributed by atoms with E-state index in [1.54, 1.807) is 0 Å². The quantitative estimate of drug-likeness (QED) is 0.340. The minimum atomic E-state index is -0.345. The Morgan fingerprint density at radius 3 is 2.29 bits per heavy atom. The van der Waals surface area contributed by atoms with E-state index >= 15 is 0 Å². The van der Waals surface area contributed by atoms with Gasteiger partial charge in [-0.05, 0) is 42.9 Å². The van der Waals surface area contributed by atoms with E-state index in [1.807, 2.05) is 6.07 Å². The Hall–Kier alpha value is -2.42. The van der Waals surface area contributed by atoms with Crippen LogP contribution in [0.15, 0.2) is 42.5 Å². The monoisotopic (exact) mass is 417 g/mol. The van der Waals surface area contributed by atoms with Crippen LogP contribution in [-0.4, -0.2) is 10.4 Å². The van der Waals surface area contributed by atoms with Crippen LogP contribution in [0.3, 0.4) is 0 Å². The number of aromatic nitrogens is 2. The molecule has 4 rings (SSSR count). The first-order valence-electron chi connectivity index (χ1n) is 11.9. The van der Waals surface area contributed by atoms with E-state index in [2.05, 4.69) is 87.3 Å². The molecule has 1 heterocycles. The van der Waals surface area contributed by atoms with Crippen LogP contribution in [0.1, 0.15) is 81.6 Å². The normalized spacial score (nSPS) is 15.7. The number of aryl methyl sites for hydroxylation is 2. The molecule has 0 N–H and O–H groups in total. The molecule has 1 aliphatic rings. The van der Waals surface area contributed by atoms with Crippen molar-refractivity contribution < 1.29 is 9.36 Å².